The van der Waals surface area contributed by atoms with Crippen LogP contribution in [0.3, 0.4) is 0 Å². The van der Waals surface area contributed by atoms with E-state index in [0.29, 0.717) is 30.0 Å². The lowest BCUT2D eigenvalue weighted by atomic mass is 10.1. The standard InChI is InChI=1S/C18H16N4O4/c19-18-20-13-10-22(9-8-12(13)16(23)21-18)17(24)14-6-7-15(26-14)25-11-4-2-1-3-5-11/h1-7H,8-10H2,(H3,19,20,21,23). The number of aromatic nitrogens is 2. The molecule has 4 rings (SSSR count). The molecule has 132 valence electrons. The maximum Gasteiger partial charge on any atom is 0.290 e. The predicted molar refractivity (Wildman–Crippen MR) is 92.9 cm³/mol. The molecule has 0 unspecified atom stereocenters. The van der Waals surface area contributed by atoms with Gasteiger partial charge in [-0.15, -0.1) is 0 Å². The fourth-order valence-corrected chi connectivity index (χ4v) is 2.88. The SMILES string of the molecule is Nc1nc2c(c(=O)[nH]1)CCN(C(=O)c1ccc(Oc3ccccc3)o1)C2. The normalized spacial score (nSPS) is 13.3. The van der Waals surface area contributed by atoms with Gasteiger partial charge in [0.05, 0.1) is 12.2 Å². The number of rotatable bonds is 3. The lowest BCUT2D eigenvalue weighted by Crippen LogP contribution is -2.39. The van der Waals surface area contributed by atoms with Crippen molar-refractivity contribution >= 4 is 11.9 Å². The van der Waals surface area contributed by atoms with Crippen molar-refractivity contribution < 1.29 is 13.9 Å². The number of nitrogens with one attached hydrogen (secondary N) is 1. The van der Waals surface area contributed by atoms with Gasteiger partial charge in [-0.2, -0.15) is 0 Å². The van der Waals surface area contributed by atoms with Crippen LogP contribution >= 0.6 is 0 Å². The highest BCUT2D eigenvalue weighted by molar-refractivity contribution is 5.91. The summed E-state index contributed by atoms with van der Waals surface area (Å²) >= 11 is 0. The van der Waals surface area contributed by atoms with Crippen LogP contribution in [0.1, 0.15) is 21.8 Å². The summed E-state index contributed by atoms with van der Waals surface area (Å²) < 4.78 is 11.1. The van der Waals surface area contributed by atoms with Crippen LogP contribution in [0.5, 0.6) is 11.7 Å². The molecule has 8 heteroatoms. The van der Waals surface area contributed by atoms with E-state index in [4.69, 9.17) is 14.9 Å². The molecule has 3 heterocycles. The number of nitrogens with two attached hydrogens (primary N) is 1. The third-order valence-corrected chi connectivity index (χ3v) is 4.13. The van der Waals surface area contributed by atoms with E-state index >= 15 is 0 Å². The van der Waals surface area contributed by atoms with Gasteiger partial charge in [0.2, 0.25) is 5.95 Å². The van der Waals surface area contributed by atoms with Crippen molar-refractivity contribution in [1.82, 2.24) is 14.9 Å². The van der Waals surface area contributed by atoms with E-state index < -0.39 is 0 Å². The van der Waals surface area contributed by atoms with Crippen molar-refractivity contribution in [3.8, 4) is 11.7 Å². The number of anilines is 1. The minimum atomic E-state index is -0.292. The fourth-order valence-electron chi connectivity index (χ4n) is 2.88. The fraction of sp³-hybridized carbons (Fsp3) is 0.167. The first-order chi connectivity index (χ1) is 12.6. The number of para-hydroxylation sites is 1. The number of benzene rings is 1. The number of nitrogen functional groups attached to an aromatic ring is 1. The number of nitrogens with zero attached hydrogens (tertiary/aromatic N) is 2. The lowest BCUT2D eigenvalue weighted by Gasteiger charge is -2.26. The van der Waals surface area contributed by atoms with Crippen LogP contribution in [0.4, 0.5) is 5.95 Å². The lowest BCUT2D eigenvalue weighted by molar-refractivity contribution is 0.0694. The molecule has 0 radical (unpaired) electrons. The van der Waals surface area contributed by atoms with E-state index in [1.807, 2.05) is 18.2 Å². The first-order valence-corrected chi connectivity index (χ1v) is 8.10. The van der Waals surface area contributed by atoms with Gasteiger partial charge in [-0.3, -0.25) is 14.6 Å². The summed E-state index contributed by atoms with van der Waals surface area (Å²) in [6, 6.07) is 12.3. The molecular formula is C18H16N4O4. The molecule has 3 aromatic rings. The molecule has 0 saturated heterocycles. The summed E-state index contributed by atoms with van der Waals surface area (Å²) in [7, 11) is 0. The molecule has 1 aliphatic heterocycles. The second kappa shape index (κ2) is 6.40. The van der Waals surface area contributed by atoms with Crippen molar-refractivity contribution in [2.75, 3.05) is 12.3 Å². The Morgan fingerprint density at radius 2 is 2.04 bits per heavy atom. The maximum atomic E-state index is 12.7. The molecule has 3 N–H and O–H groups in total. The average Bonchev–Trinajstić information content (AvgIpc) is 3.09. The highest BCUT2D eigenvalue weighted by Gasteiger charge is 2.26. The first-order valence-electron chi connectivity index (χ1n) is 8.10. The minimum absolute atomic E-state index is 0.0413. The summed E-state index contributed by atoms with van der Waals surface area (Å²) in [6.07, 6.45) is 0.414. The molecule has 1 amide bonds. The number of ether oxygens (including phenoxy) is 1. The zero-order chi connectivity index (χ0) is 18.1. The third kappa shape index (κ3) is 3.04. The second-order valence-corrected chi connectivity index (χ2v) is 5.89. The Bertz CT molecular complexity index is 1010. The van der Waals surface area contributed by atoms with Crippen LogP contribution in [-0.4, -0.2) is 27.3 Å². The molecule has 8 nitrogen and oxygen atoms in total. The number of fused-ring (bicyclic) bond motifs is 1. The Hall–Kier alpha value is -3.55. The Labute approximate surface area is 148 Å². The smallest absolute Gasteiger partial charge is 0.290 e. The van der Waals surface area contributed by atoms with Crippen LogP contribution in [0, 0.1) is 0 Å². The average molecular weight is 352 g/mol. The Morgan fingerprint density at radius 1 is 1.23 bits per heavy atom. The molecule has 0 fully saturated rings. The second-order valence-electron chi connectivity index (χ2n) is 5.89. The van der Waals surface area contributed by atoms with E-state index in [0.717, 1.165) is 0 Å². The van der Waals surface area contributed by atoms with Gasteiger partial charge in [0.15, 0.2) is 5.76 Å². The van der Waals surface area contributed by atoms with Gasteiger partial charge >= 0.3 is 0 Å². The number of H-pyrrole nitrogens is 1. The number of furan rings is 1. The molecule has 0 bridgehead atoms. The van der Waals surface area contributed by atoms with Crippen molar-refractivity contribution in [2.24, 2.45) is 0 Å². The molecule has 1 aliphatic rings. The summed E-state index contributed by atoms with van der Waals surface area (Å²) in [5.74, 6) is 0.762. The summed E-state index contributed by atoms with van der Waals surface area (Å²) in [5, 5.41) is 0. The van der Waals surface area contributed by atoms with Crippen LogP contribution in [0.25, 0.3) is 0 Å². The molecule has 2 aromatic heterocycles. The number of carbonyl (C=O) groups is 1. The van der Waals surface area contributed by atoms with E-state index in [9.17, 15) is 9.59 Å². The van der Waals surface area contributed by atoms with Crippen LogP contribution < -0.4 is 16.0 Å². The number of amides is 1. The van der Waals surface area contributed by atoms with Gasteiger partial charge < -0.3 is 19.8 Å². The van der Waals surface area contributed by atoms with Crippen molar-refractivity contribution in [3.05, 3.63) is 69.8 Å². The Balaban J connectivity index is 1.51. The predicted octanol–water partition coefficient (Wildman–Crippen LogP) is 1.94. The highest BCUT2D eigenvalue weighted by Crippen LogP contribution is 2.25. The van der Waals surface area contributed by atoms with Gasteiger partial charge in [0.25, 0.3) is 17.4 Å². The summed E-state index contributed by atoms with van der Waals surface area (Å²) in [4.78, 5) is 32.7. The summed E-state index contributed by atoms with van der Waals surface area (Å²) in [6.45, 7) is 0.605. The maximum absolute atomic E-state index is 12.7. The Kier molecular flexibility index (Phi) is 3.92. The molecule has 0 saturated carbocycles. The largest absolute Gasteiger partial charge is 0.426 e. The van der Waals surface area contributed by atoms with Crippen LogP contribution in [-0.2, 0) is 13.0 Å². The third-order valence-electron chi connectivity index (χ3n) is 4.13. The topological polar surface area (TPSA) is 114 Å². The molecule has 26 heavy (non-hydrogen) atoms. The molecule has 0 spiro atoms. The van der Waals surface area contributed by atoms with Crippen LogP contribution in [0.2, 0.25) is 0 Å². The van der Waals surface area contributed by atoms with E-state index in [-0.39, 0.29) is 35.7 Å². The van der Waals surface area contributed by atoms with Gasteiger partial charge in [-0.05, 0) is 24.6 Å². The molecule has 0 aliphatic carbocycles. The number of hydrogen-bond donors (Lipinski definition) is 2. The van der Waals surface area contributed by atoms with Gasteiger partial charge in [-0.1, -0.05) is 18.2 Å². The van der Waals surface area contributed by atoms with Crippen molar-refractivity contribution in [3.63, 3.8) is 0 Å². The highest BCUT2D eigenvalue weighted by atomic mass is 16.6. The van der Waals surface area contributed by atoms with Crippen LogP contribution in [0.15, 0.2) is 51.7 Å². The zero-order valence-electron chi connectivity index (χ0n) is 13.8. The number of hydrogen-bond acceptors (Lipinski definition) is 6. The van der Waals surface area contributed by atoms with Gasteiger partial charge in [-0.25, -0.2) is 4.98 Å². The first kappa shape index (κ1) is 15.9. The molecular weight excluding hydrogens is 336 g/mol. The molecule has 1 aromatic carbocycles. The van der Waals surface area contributed by atoms with E-state index in [1.54, 1.807) is 29.2 Å². The van der Waals surface area contributed by atoms with E-state index in [2.05, 4.69) is 9.97 Å². The minimum Gasteiger partial charge on any atom is -0.426 e. The van der Waals surface area contributed by atoms with Crippen molar-refractivity contribution in [2.45, 2.75) is 13.0 Å². The van der Waals surface area contributed by atoms with E-state index in [1.165, 1.54) is 0 Å². The quantitative estimate of drug-likeness (QED) is 0.744. The number of aromatic amines is 1. The summed E-state index contributed by atoms with van der Waals surface area (Å²) in [5.41, 5.74) is 6.41. The Morgan fingerprint density at radius 3 is 2.85 bits per heavy atom. The zero-order valence-corrected chi connectivity index (χ0v) is 13.8. The number of carbonyl (C=O) groups excluding carboxylic acids is 1. The van der Waals surface area contributed by atoms with Gasteiger partial charge in [0, 0.05) is 18.2 Å². The van der Waals surface area contributed by atoms with Gasteiger partial charge in [0.1, 0.15) is 5.75 Å². The monoisotopic (exact) mass is 352 g/mol. The molecule has 0 atom stereocenters. The van der Waals surface area contributed by atoms with Crippen molar-refractivity contribution in [1.29, 1.82) is 0 Å².